The maximum absolute atomic E-state index is 11.3. The van der Waals surface area contributed by atoms with Crippen LogP contribution >= 0.6 is 12.2 Å². The van der Waals surface area contributed by atoms with Crippen molar-refractivity contribution in [2.24, 2.45) is 0 Å². The van der Waals surface area contributed by atoms with Crippen LogP contribution in [-0.4, -0.2) is 49.1 Å². The first-order valence-electron chi connectivity index (χ1n) is 5.29. The van der Waals surface area contributed by atoms with Crippen molar-refractivity contribution in [3.63, 3.8) is 0 Å². The minimum atomic E-state index is -0.483. The fraction of sp³-hybridized carbons (Fsp3) is 0.800. The van der Waals surface area contributed by atoms with Crippen LogP contribution in [0.4, 0.5) is 4.79 Å². The largest absolute Gasteiger partial charge is 0.444 e. The summed E-state index contributed by atoms with van der Waals surface area (Å²) in [5, 5.41) is 7.40. The molecule has 0 aliphatic carbocycles. The van der Waals surface area contributed by atoms with Crippen molar-refractivity contribution >= 4 is 23.4 Å². The molecule has 6 nitrogen and oxygen atoms in total. The zero-order chi connectivity index (χ0) is 13.5. The maximum atomic E-state index is 11.3. The molecule has 0 aromatic heterocycles. The predicted molar refractivity (Wildman–Crippen MR) is 69.6 cm³/mol. The standard InChI is InChI=1S/C10H21N3O3S/c1-10(2,3)16-9(14)12-7-6-11-8(17)13(4)15-5/h6-7H2,1-5H3,(H,11,17)(H,12,14). The first kappa shape index (κ1) is 15.9. The molecule has 0 heterocycles. The summed E-state index contributed by atoms with van der Waals surface area (Å²) in [6, 6.07) is 0. The third-order valence-corrected chi connectivity index (χ3v) is 2.03. The molecular weight excluding hydrogens is 242 g/mol. The SMILES string of the molecule is CON(C)C(=S)NCCNC(=O)OC(C)(C)C. The van der Waals surface area contributed by atoms with E-state index < -0.39 is 11.7 Å². The van der Waals surface area contributed by atoms with Crippen LogP contribution in [0.3, 0.4) is 0 Å². The molecule has 0 saturated heterocycles. The lowest BCUT2D eigenvalue weighted by Crippen LogP contribution is -2.41. The number of hydrogen-bond acceptors (Lipinski definition) is 4. The maximum Gasteiger partial charge on any atom is 0.407 e. The summed E-state index contributed by atoms with van der Waals surface area (Å²) in [6.45, 7) is 6.37. The van der Waals surface area contributed by atoms with Crippen LogP contribution < -0.4 is 10.6 Å². The highest BCUT2D eigenvalue weighted by Gasteiger charge is 2.15. The first-order chi connectivity index (χ1) is 7.76. The second-order valence-corrected chi connectivity index (χ2v) is 4.73. The minimum Gasteiger partial charge on any atom is -0.444 e. The molecule has 0 atom stereocenters. The fourth-order valence-electron chi connectivity index (χ4n) is 0.842. The van der Waals surface area contributed by atoms with Gasteiger partial charge in [-0.05, 0) is 33.0 Å². The van der Waals surface area contributed by atoms with Gasteiger partial charge < -0.3 is 15.4 Å². The molecule has 17 heavy (non-hydrogen) atoms. The summed E-state index contributed by atoms with van der Waals surface area (Å²) in [5.74, 6) is 0. The molecule has 7 heteroatoms. The summed E-state index contributed by atoms with van der Waals surface area (Å²) in [4.78, 5) is 16.1. The number of hydrogen-bond donors (Lipinski definition) is 2. The molecule has 2 N–H and O–H groups in total. The number of nitrogens with zero attached hydrogens (tertiary/aromatic N) is 1. The van der Waals surface area contributed by atoms with Gasteiger partial charge in [-0.2, -0.15) is 0 Å². The fourth-order valence-corrected chi connectivity index (χ4v) is 1.02. The molecule has 0 unspecified atom stereocenters. The highest BCUT2D eigenvalue weighted by atomic mass is 32.1. The molecule has 0 spiro atoms. The summed E-state index contributed by atoms with van der Waals surface area (Å²) in [7, 11) is 3.21. The predicted octanol–water partition coefficient (Wildman–Crippen LogP) is 0.879. The van der Waals surface area contributed by atoms with E-state index in [9.17, 15) is 4.79 Å². The number of thiocarbonyl (C=S) groups is 1. The average Bonchev–Trinajstić information content (AvgIpc) is 2.20. The van der Waals surface area contributed by atoms with Gasteiger partial charge in [-0.1, -0.05) is 0 Å². The Bertz CT molecular complexity index is 266. The highest BCUT2D eigenvalue weighted by Crippen LogP contribution is 2.05. The number of amides is 1. The van der Waals surface area contributed by atoms with Crippen LogP contribution in [0.2, 0.25) is 0 Å². The Morgan fingerprint density at radius 1 is 1.29 bits per heavy atom. The van der Waals surface area contributed by atoms with E-state index in [0.717, 1.165) is 0 Å². The quantitative estimate of drug-likeness (QED) is 0.446. The van der Waals surface area contributed by atoms with Crippen molar-refractivity contribution in [2.45, 2.75) is 26.4 Å². The normalized spacial score (nSPS) is 10.6. The Labute approximate surface area is 108 Å². The molecule has 0 fully saturated rings. The Kier molecular flexibility index (Phi) is 6.82. The zero-order valence-electron chi connectivity index (χ0n) is 11.0. The van der Waals surface area contributed by atoms with Crippen molar-refractivity contribution in [1.82, 2.24) is 15.7 Å². The third-order valence-electron chi connectivity index (χ3n) is 1.63. The van der Waals surface area contributed by atoms with Crippen LogP contribution in [-0.2, 0) is 9.57 Å². The summed E-state index contributed by atoms with van der Waals surface area (Å²) in [5.41, 5.74) is -0.483. The van der Waals surface area contributed by atoms with E-state index in [1.54, 1.807) is 7.05 Å². The van der Waals surface area contributed by atoms with E-state index >= 15 is 0 Å². The lowest BCUT2D eigenvalue weighted by Gasteiger charge is -2.20. The van der Waals surface area contributed by atoms with Gasteiger partial charge in [0.15, 0.2) is 5.11 Å². The topological polar surface area (TPSA) is 62.8 Å². The third kappa shape index (κ3) is 8.70. The number of ether oxygens (including phenoxy) is 1. The van der Waals surface area contributed by atoms with Gasteiger partial charge in [0, 0.05) is 20.1 Å². The average molecular weight is 263 g/mol. The van der Waals surface area contributed by atoms with E-state index in [-0.39, 0.29) is 0 Å². The van der Waals surface area contributed by atoms with E-state index in [4.69, 9.17) is 21.8 Å². The number of nitrogens with one attached hydrogen (secondary N) is 2. The number of carbonyl (C=O) groups is 1. The number of carbonyl (C=O) groups excluding carboxylic acids is 1. The number of hydroxylamine groups is 2. The van der Waals surface area contributed by atoms with Crippen LogP contribution in [0.1, 0.15) is 20.8 Å². The van der Waals surface area contributed by atoms with Gasteiger partial charge >= 0.3 is 6.09 Å². The molecule has 0 rings (SSSR count). The van der Waals surface area contributed by atoms with Gasteiger partial charge in [0.2, 0.25) is 0 Å². The van der Waals surface area contributed by atoms with Crippen LogP contribution in [0.15, 0.2) is 0 Å². The van der Waals surface area contributed by atoms with Crippen LogP contribution in [0, 0.1) is 0 Å². The van der Waals surface area contributed by atoms with Gasteiger partial charge in [0.05, 0.1) is 7.11 Å². The molecule has 0 radical (unpaired) electrons. The monoisotopic (exact) mass is 263 g/mol. The van der Waals surface area contributed by atoms with Crippen LogP contribution in [0.5, 0.6) is 0 Å². The van der Waals surface area contributed by atoms with Crippen molar-refractivity contribution in [1.29, 1.82) is 0 Å². The number of alkyl carbamates (subject to hydrolysis) is 1. The lowest BCUT2D eigenvalue weighted by atomic mass is 10.2. The zero-order valence-corrected chi connectivity index (χ0v) is 11.8. The smallest absolute Gasteiger partial charge is 0.407 e. The second kappa shape index (κ2) is 7.29. The molecule has 0 aliphatic rings. The molecule has 100 valence electrons. The molecule has 0 bridgehead atoms. The summed E-state index contributed by atoms with van der Waals surface area (Å²) < 4.78 is 5.07. The Hall–Kier alpha value is -1.08. The molecule has 1 amide bonds. The molecular formula is C10H21N3O3S. The van der Waals surface area contributed by atoms with Crippen molar-refractivity contribution in [3.05, 3.63) is 0 Å². The second-order valence-electron chi connectivity index (χ2n) is 4.34. The molecule has 0 aromatic rings. The van der Waals surface area contributed by atoms with Gasteiger partial charge in [0.1, 0.15) is 5.60 Å². The Morgan fingerprint density at radius 2 is 1.82 bits per heavy atom. The van der Waals surface area contributed by atoms with Gasteiger partial charge in [-0.3, -0.25) is 4.84 Å². The summed E-state index contributed by atoms with van der Waals surface area (Å²) >= 11 is 4.99. The van der Waals surface area contributed by atoms with Gasteiger partial charge in [-0.15, -0.1) is 0 Å². The minimum absolute atomic E-state index is 0.423. The first-order valence-corrected chi connectivity index (χ1v) is 5.69. The number of rotatable bonds is 4. The van der Waals surface area contributed by atoms with Crippen LogP contribution in [0.25, 0.3) is 0 Å². The molecule has 0 aromatic carbocycles. The lowest BCUT2D eigenvalue weighted by molar-refractivity contribution is -0.0422. The highest BCUT2D eigenvalue weighted by molar-refractivity contribution is 7.80. The summed E-state index contributed by atoms with van der Waals surface area (Å²) in [6.07, 6.45) is -0.440. The Balaban J connectivity index is 3.65. The van der Waals surface area contributed by atoms with E-state index in [0.29, 0.717) is 18.2 Å². The Morgan fingerprint density at radius 3 is 2.29 bits per heavy atom. The van der Waals surface area contributed by atoms with E-state index in [1.807, 2.05) is 20.8 Å². The van der Waals surface area contributed by atoms with Gasteiger partial charge in [-0.25, -0.2) is 9.86 Å². The molecule has 0 aliphatic heterocycles. The molecule has 0 saturated carbocycles. The van der Waals surface area contributed by atoms with Crippen molar-refractivity contribution in [3.8, 4) is 0 Å². The van der Waals surface area contributed by atoms with Gasteiger partial charge in [0.25, 0.3) is 0 Å². The van der Waals surface area contributed by atoms with Crippen molar-refractivity contribution < 1.29 is 14.4 Å². The van der Waals surface area contributed by atoms with E-state index in [2.05, 4.69) is 10.6 Å². The van der Waals surface area contributed by atoms with Crippen molar-refractivity contribution in [2.75, 3.05) is 27.2 Å². The van der Waals surface area contributed by atoms with E-state index in [1.165, 1.54) is 12.2 Å².